The molecule has 1 fully saturated rings. The maximum Gasteiger partial charge on any atom is 0.303 e. The van der Waals surface area contributed by atoms with Crippen LogP contribution in [0.15, 0.2) is 83.8 Å². The van der Waals surface area contributed by atoms with Crippen molar-refractivity contribution in [2.24, 2.45) is 0 Å². The fourth-order valence-electron chi connectivity index (χ4n) is 4.08. The minimum absolute atomic E-state index is 0.00364. The summed E-state index contributed by atoms with van der Waals surface area (Å²) in [4.78, 5) is 23.9. The normalized spacial score (nSPS) is 19.3. The average Bonchev–Trinajstić information content (AvgIpc) is 2.92. The first-order chi connectivity index (χ1) is 18.0. The van der Waals surface area contributed by atoms with Gasteiger partial charge < -0.3 is 25.0 Å². The number of thioether (sulfide) groups is 1. The Morgan fingerprint density at radius 2 is 1.59 bits per heavy atom. The van der Waals surface area contributed by atoms with E-state index in [0.717, 1.165) is 22.4 Å². The van der Waals surface area contributed by atoms with Crippen molar-refractivity contribution in [2.45, 2.75) is 55.7 Å². The van der Waals surface area contributed by atoms with E-state index < -0.39 is 12.3 Å². The Balaban J connectivity index is 1.43. The molecule has 3 N–H and O–H groups in total. The second-order valence-corrected chi connectivity index (χ2v) is 9.99. The Labute approximate surface area is 220 Å². The summed E-state index contributed by atoms with van der Waals surface area (Å²) in [5, 5.41) is 20.9. The number of carboxylic acids is 1. The Bertz CT molecular complexity index is 1150. The van der Waals surface area contributed by atoms with Crippen LogP contribution in [-0.2, 0) is 25.7 Å². The number of benzene rings is 3. The van der Waals surface area contributed by atoms with E-state index in [-0.39, 0.29) is 37.6 Å². The van der Waals surface area contributed by atoms with Crippen molar-refractivity contribution in [1.82, 2.24) is 0 Å². The minimum Gasteiger partial charge on any atom is -0.481 e. The number of nitrogens with one attached hydrogen (secondary N) is 1. The van der Waals surface area contributed by atoms with E-state index >= 15 is 0 Å². The molecule has 194 valence electrons. The number of carboxylic acid groups (broad SMARTS) is 1. The van der Waals surface area contributed by atoms with Crippen molar-refractivity contribution in [3.8, 4) is 0 Å². The van der Waals surface area contributed by atoms with E-state index in [1.54, 1.807) is 23.9 Å². The van der Waals surface area contributed by atoms with Crippen LogP contribution < -0.4 is 5.32 Å². The van der Waals surface area contributed by atoms with Gasteiger partial charge in [0.05, 0.1) is 18.8 Å². The first-order valence-electron chi connectivity index (χ1n) is 12.3. The summed E-state index contributed by atoms with van der Waals surface area (Å²) in [5.74, 6) is -0.351. The van der Waals surface area contributed by atoms with Crippen molar-refractivity contribution in [3.05, 3.63) is 95.6 Å². The van der Waals surface area contributed by atoms with Crippen LogP contribution in [0.5, 0.6) is 0 Å². The lowest BCUT2D eigenvalue weighted by Gasteiger charge is -2.36. The van der Waals surface area contributed by atoms with Crippen LogP contribution in [0.2, 0.25) is 0 Å². The summed E-state index contributed by atoms with van der Waals surface area (Å²) in [6, 6.07) is 25.3. The number of anilines is 1. The largest absolute Gasteiger partial charge is 0.481 e. The molecule has 0 bridgehead atoms. The molecule has 37 heavy (non-hydrogen) atoms. The summed E-state index contributed by atoms with van der Waals surface area (Å²) in [7, 11) is 0. The van der Waals surface area contributed by atoms with Crippen LogP contribution in [0.4, 0.5) is 5.69 Å². The van der Waals surface area contributed by atoms with E-state index in [0.29, 0.717) is 18.5 Å². The Morgan fingerprint density at radius 3 is 2.27 bits per heavy atom. The Morgan fingerprint density at radius 1 is 0.892 bits per heavy atom. The molecular weight excluding hydrogens is 490 g/mol. The number of amides is 1. The monoisotopic (exact) mass is 521 g/mol. The molecule has 4 rings (SSSR count). The lowest BCUT2D eigenvalue weighted by molar-refractivity contribution is -0.245. The van der Waals surface area contributed by atoms with Gasteiger partial charge in [0.2, 0.25) is 5.91 Å². The fourth-order valence-corrected chi connectivity index (χ4v) is 5.02. The molecule has 3 atom stereocenters. The van der Waals surface area contributed by atoms with Gasteiger partial charge in [0.25, 0.3) is 0 Å². The first-order valence-corrected chi connectivity index (χ1v) is 13.3. The third-order valence-electron chi connectivity index (χ3n) is 6.06. The number of carbonyl (C=O) groups excluding carboxylic acids is 1. The molecule has 1 aliphatic rings. The van der Waals surface area contributed by atoms with Crippen molar-refractivity contribution in [1.29, 1.82) is 0 Å². The topological polar surface area (TPSA) is 105 Å². The smallest absolute Gasteiger partial charge is 0.303 e. The molecule has 1 amide bonds. The van der Waals surface area contributed by atoms with E-state index in [1.807, 2.05) is 54.6 Å². The lowest BCUT2D eigenvalue weighted by atomic mass is 10.0. The molecule has 3 aromatic carbocycles. The minimum atomic E-state index is -0.909. The predicted molar refractivity (Wildman–Crippen MR) is 142 cm³/mol. The van der Waals surface area contributed by atoms with E-state index in [9.17, 15) is 14.7 Å². The van der Waals surface area contributed by atoms with E-state index in [1.165, 1.54) is 4.90 Å². The second-order valence-electron chi connectivity index (χ2n) is 8.89. The zero-order valence-electron chi connectivity index (χ0n) is 20.4. The van der Waals surface area contributed by atoms with Gasteiger partial charge in [0.15, 0.2) is 6.29 Å². The summed E-state index contributed by atoms with van der Waals surface area (Å²) >= 11 is 1.75. The SMILES string of the molecule is O=C(O)CCCC(=O)Nc1ccc([C@H]2O[C@@H](CSc3ccccc3)C[C@@H](c3ccc(CO)cc3)O2)cc1. The molecule has 8 heteroatoms. The van der Waals surface area contributed by atoms with Gasteiger partial charge in [-0.3, -0.25) is 9.59 Å². The van der Waals surface area contributed by atoms with Crippen LogP contribution >= 0.6 is 11.8 Å². The van der Waals surface area contributed by atoms with Gasteiger partial charge in [-0.05, 0) is 41.8 Å². The fraction of sp³-hybridized carbons (Fsp3) is 0.310. The second kappa shape index (κ2) is 13.4. The van der Waals surface area contributed by atoms with Crippen LogP contribution in [0.3, 0.4) is 0 Å². The van der Waals surface area contributed by atoms with Gasteiger partial charge in [-0.2, -0.15) is 0 Å². The molecule has 0 saturated carbocycles. The number of hydrogen-bond acceptors (Lipinski definition) is 6. The van der Waals surface area contributed by atoms with Gasteiger partial charge in [0, 0.05) is 41.2 Å². The summed E-state index contributed by atoms with van der Waals surface area (Å²) in [6.45, 7) is -0.00364. The number of rotatable bonds is 11. The molecule has 0 aromatic heterocycles. The zero-order valence-corrected chi connectivity index (χ0v) is 21.2. The van der Waals surface area contributed by atoms with E-state index in [2.05, 4.69) is 17.4 Å². The van der Waals surface area contributed by atoms with Crippen LogP contribution in [-0.4, -0.2) is 33.9 Å². The first kappa shape index (κ1) is 26.9. The van der Waals surface area contributed by atoms with Crippen molar-refractivity contribution in [3.63, 3.8) is 0 Å². The van der Waals surface area contributed by atoms with E-state index in [4.69, 9.17) is 14.6 Å². The van der Waals surface area contributed by atoms with Crippen molar-refractivity contribution < 1.29 is 29.3 Å². The zero-order chi connectivity index (χ0) is 26.0. The summed E-state index contributed by atoms with van der Waals surface area (Å²) < 4.78 is 12.7. The lowest BCUT2D eigenvalue weighted by Crippen LogP contribution is -2.31. The van der Waals surface area contributed by atoms with Crippen molar-refractivity contribution in [2.75, 3.05) is 11.1 Å². The highest BCUT2D eigenvalue weighted by atomic mass is 32.2. The van der Waals surface area contributed by atoms with Gasteiger partial charge in [-0.15, -0.1) is 11.8 Å². The van der Waals surface area contributed by atoms with Crippen LogP contribution in [0.25, 0.3) is 0 Å². The molecule has 1 aliphatic heterocycles. The predicted octanol–water partition coefficient (Wildman–Crippen LogP) is 5.71. The standard InChI is InChI=1S/C29H31NO6S/c31-18-20-9-11-21(12-10-20)26-17-24(19-37-25-5-2-1-3-6-25)35-29(36-26)22-13-15-23(16-14-22)30-27(32)7-4-8-28(33)34/h1-3,5-6,9-16,24,26,29,31H,4,7-8,17-19H2,(H,30,32)(H,33,34)/t24-,26+,29+/m1/s1. The molecule has 0 radical (unpaired) electrons. The Hall–Kier alpha value is -3.17. The molecule has 1 heterocycles. The summed E-state index contributed by atoms with van der Waals surface area (Å²) in [6.07, 6.45) is 0.349. The number of aliphatic carboxylic acids is 1. The molecule has 3 aromatic rings. The highest BCUT2D eigenvalue weighted by Gasteiger charge is 2.32. The Kier molecular flexibility index (Phi) is 9.73. The molecular formula is C29H31NO6S. The number of aliphatic hydroxyl groups excluding tert-OH is 1. The van der Waals surface area contributed by atoms with Crippen LogP contribution in [0.1, 0.15) is 54.8 Å². The van der Waals surface area contributed by atoms with Gasteiger partial charge in [0.1, 0.15) is 0 Å². The number of carbonyl (C=O) groups is 2. The third kappa shape index (κ3) is 8.16. The average molecular weight is 522 g/mol. The molecule has 0 spiro atoms. The maximum absolute atomic E-state index is 12.1. The summed E-state index contributed by atoms with van der Waals surface area (Å²) in [5.41, 5.74) is 3.36. The number of ether oxygens (including phenoxy) is 2. The van der Waals surface area contributed by atoms with Crippen LogP contribution in [0, 0.1) is 0 Å². The van der Waals surface area contributed by atoms with Gasteiger partial charge in [-0.25, -0.2) is 0 Å². The molecule has 7 nitrogen and oxygen atoms in total. The highest BCUT2D eigenvalue weighted by Crippen LogP contribution is 2.39. The number of hydrogen-bond donors (Lipinski definition) is 3. The maximum atomic E-state index is 12.1. The van der Waals surface area contributed by atoms with Gasteiger partial charge >= 0.3 is 5.97 Å². The number of aliphatic hydroxyl groups is 1. The quantitative estimate of drug-likeness (QED) is 0.278. The molecule has 0 aliphatic carbocycles. The molecule has 0 unspecified atom stereocenters. The third-order valence-corrected chi connectivity index (χ3v) is 7.20. The molecule has 1 saturated heterocycles. The van der Waals surface area contributed by atoms with Gasteiger partial charge in [-0.1, -0.05) is 54.6 Å². The van der Waals surface area contributed by atoms with Crippen molar-refractivity contribution >= 4 is 29.3 Å². The highest BCUT2D eigenvalue weighted by molar-refractivity contribution is 7.99.